The highest BCUT2D eigenvalue weighted by atomic mass is 19.1. The number of benzene rings is 1. The van der Waals surface area contributed by atoms with Crippen LogP contribution in [0.15, 0.2) is 36.5 Å². The molecule has 0 amide bonds. The molecule has 0 aliphatic rings. The van der Waals surface area contributed by atoms with E-state index in [4.69, 9.17) is 9.84 Å². The lowest BCUT2D eigenvalue weighted by Gasteiger charge is -2.09. The van der Waals surface area contributed by atoms with Crippen molar-refractivity contribution in [3.05, 3.63) is 53.6 Å². The highest BCUT2D eigenvalue weighted by Gasteiger charge is 2.05. The summed E-state index contributed by atoms with van der Waals surface area (Å²) in [4.78, 5) is 10.5. The van der Waals surface area contributed by atoms with E-state index in [2.05, 4.69) is 5.10 Å². The molecule has 2 aromatic rings. The van der Waals surface area contributed by atoms with Gasteiger partial charge in [0, 0.05) is 37.0 Å². The predicted octanol–water partition coefficient (Wildman–Crippen LogP) is 2.28. The van der Waals surface area contributed by atoms with Crippen LogP contribution in [0.25, 0.3) is 6.08 Å². The lowest BCUT2D eigenvalue weighted by Crippen LogP contribution is -2.06. The topological polar surface area (TPSA) is 64.4 Å². The fourth-order valence-electron chi connectivity index (χ4n) is 1.85. The third-order valence-corrected chi connectivity index (χ3v) is 2.92. The Morgan fingerprint density at radius 1 is 1.48 bits per heavy atom. The van der Waals surface area contributed by atoms with Gasteiger partial charge in [-0.1, -0.05) is 0 Å². The van der Waals surface area contributed by atoms with E-state index >= 15 is 0 Å². The van der Waals surface area contributed by atoms with Crippen LogP contribution >= 0.6 is 0 Å². The summed E-state index contributed by atoms with van der Waals surface area (Å²) < 4.78 is 20.6. The van der Waals surface area contributed by atoms with Crippen molar-refractivity contribution < 1.29 is 19.0 Å². The van der Waals surface area contributed by atoms with Gasteiger partial charge < -0.3 is 9.84 Å². The maximum atomic E-state index is 13.2. The average molecular weight is 290 g/mol. The summed E-state index contributed by atoms with van der Waals surface area (Å²) in [6.45, 7) is 0.388. The van der Waals surface area contributed by atoms with Gasteiger partial charge in [0.2, 0.25) is 0 Å². The molecule has 0 aliphatic carbocycles. The maximum Gasteiger partial charge on any atom is 0.328 e. The summed E-state index contributed by atoms with van der Waals surface area (Å²) in [5, 5.41) is 12.7. The summed E-state index contributed by atoms with van der Waals surface area (Å²) in [6, 6.07) is 5.88. The van der Waals surface area contributed by atoms with Gasteiger partial charge in [-0.2, -0.15) is 5.10 Å². The summed E-state index contributed by atoms with van der Waals surface area (Å²) in [6.07, 6.45) is 4.61. The van der Waals surface area contributed by atoms with Crippen molar-refractivity contribution in [3.63, 3.8) is 0 Å². The molecular formula is C15H15FN2O3. The monoisotopic (exact) mass is 290 g/mol. The summed E-state index contributed by atoms with van der Waals surface area (Å²) in [5.41, 5.74) is 1.40. The number of aryl methyl sites for hydroxylation is 1. The van der Waals surface area contributed by atoms with Crippen molar-refractivity contribution in [2.45, 2.75) is 6.42 Å². The first-order valence-electron chi connectivity index (χ1n) is 6.36. The quantitative estimate of drug-likeness (QED) is 0.829. The van der Waals surface area contributed by atoms with Crippen molar-refractivity contribution in [1.82, 2.24) is 9.78 Å². The molecule has 0 spiro atoms. The summed E-state index contributed by atoms with van der Waals surface area (Å²) in [7, 11) is 1.84. The van der Waals surface area contributed by atoms with E-state index in [9.17, 15) is 9.18 Å². The van der Waals surface area contributed by atoms with Gasteiger partial charge in [-0.3, -0.25) is 4.68 Å². The van der Waals surface area contributed by atoms with E-state index in [-0.39, 0.29) is 0 Å². The lowest BCUT2D eigenvalue weighted by molar-refractivity contribution is -0.131. The summed E-state index contributed by atoms with van der Waals surface area (Å²) in [5.74, 6) is -1.10. The molecule has 0 fully saturated rings. The molecule has 0 bridgehead atoms. The van der Waals surface area contributed by atoms with Crippen LogP contribution in [0.4, 0.5) is 4.39 Å². The number of ether oxygens (including phenoxy) is 1. The normalized spacial score (nSPS) is 11.0. The second kappa shape index (κ2) is 6.69. The number of hydrogen-bond donors (Lipinski definition) is 1. The molecule has 1 aromatic carbocycles. The zero-order valence-electron chi connectivity index (χ0n) is 11.5. The number of carboxylic acids is 1. The Kier molecular flexibility index (Phi) is 4.71. The van der Waals surface area contributed by atoms with Crippen LogP contribution in [0.1, 0.15) is 11.3 Å². The highest BCUT2D eigenvalue weighted by molar-refractivity contribution is 5.85. The Labute approximate surface area is 121 Å². The number of aliphatic carboxylic acids is 1. The van der Waals surface area contributed by atoms with E-state index in [1.54, 1.807) is 10.9 Å². The molecule has 1 aromatic heterocycles. The first-order valence-corrected chi connectivity index (χ1v) is 6.36. The molecule has 0 saturated carbocycles. The Morgan fingerprint density at radius 3 is 2.95 bits per heavy atom. The van der Waals surface area contributed by atoms with Gasteiger partial charge in [0.25, 0.3) is 0 Å². The van der Waals surface area contributed by atoms with E-state index in [0.29, 0.717) is 24.3 Å². The minimum absolute atomic E-state index is 0.388. The van der Waals surface area contributed by atoms with Crippen LogP contribution in [0.3, 0.4) is 0 Å². The predicted molar refractivity (Wildman–Crippen MR) is 75.5 cm³/mol. The molecule has 1 N–H and O–H groups in total. The SMILES string of the molecule is Cn1nccc1CCOc1ccc(F)cc1/C=C/C(=O)O. The fraction of sp³-hybridized carbons (Fsp3) is 0.200. The minimum atomic E-state index is -1.10. The minimum Gasteiger partial charge on any atom is -0.493 e. The summed E-state index contributed by atoms with van der Waals surface area (Å²) >= 11 is 0. The molecule has 0 atom stereocenters. The average Bonchev–Trinajstić information content (AvgIpc) is 2.84. The molecule has 5 nitrogen and oxygen atoms in total. The van der Waals surface area contributed by atoms with Gasteiger partial charge in [-0.25, -0.2) is 9.18 Å². The molecule has 0 saturated heterocycles. The molecular weight excluding hydrogens is 275 g/mol. The van der Waals surface area contributed by atoms with Crippen molar-refractivity contribution >= 4 is 12.0 Å². The fourth-order valence-corrected chi connectivity index (χ4v) is 1.85. The Hall–Kier alpha value is -2.63. The number of carboxylic acid groups (broad SMARTS) is 1. The molecule has 21 heavy (non-hydrogen) atoms. The molecule has 0 unspecified atom stereocenters. The number of nitrogens with zero attached hydrogens (tertiary/aromatic N) is 2. The molecule has 110 valence electrons. The smallest absolute Gasteiger partial charge is 0.328 e. The van der Waals surface area contributed by atoms with E-state index in [0.717, 1.165) is 11.8 Å². The second-order valence-corrected chi connectivity index (χ2v) is 4.40. The molecule has 6 heteroatoms. The van der Waals surface area contributed by atoms with Crippen LogP contribution in [0.5, 0.6) is 5.75 Å². The largest absolute Gasteiger partial charge is 0.493 e. The van der Waals surface area contributed by atoms with Crippen LogP contribution in [-0.4, -0.2) is 27.5 Å². The number of rotatable bonds is 6. The zero-order valence-corrected chi connectivity index (χ0v) is 11.5. The van der Waals surface area contributed by atoms with Gasteiger partial charge in [0.1, 0.15) is 11.6 Å². The Morgan fingerprint density at radius 2 is 2.29 bits per heavy atom. The Bertz CT molecular complexity index is 665. The van der Waals surface area contributed by atoms with Crippen LogP contribution in [0.2, 0.25) is 0 Å². The van der Waals surface area contributed by atoms with Crippen molar-refractivity contribution in [1.29, 1.82) is 0 Å². The zero-order chi connectivity index (χ0) is 15.2. The van der Waals surface area contributed by atoms with E-state index < -0.39 is 11.8 Å². The highest BCUT2D eigenvalue weighted by Crippen LogP contribution is 2.21. The molecule has 0 aliphatic heterocycles. The van der Waals surface area contributed by atoms with E-state index in [1.165, 1.54) is 24.3 Å². The molecule has 2 rings (SSSR count). The molecule has 1 heterocycles. The number of carbonyl (C=O) groups is 1. The first-order chi connectivity index (χ1) is 10.1. The van der Waals surface area contributed by atoms with Crippen LogP contribution < -0.4 is 4.74 Å². The van der Waals surface area contributed by atoms with Crippen molar-refractivity contribution in [2.24, 2.45) is 7.05 Å². The van der Waals surface area contributed by atoms with E-state index in [1.807, 2.05) is 13.1 Å². The standard InChI is InChI=1S/C15H15FN2O3/c1-18-13(6-8-17-18)7-9-21-14-4-3-12(16)10-11(14)2-5-15(19)20/h2-6,8,10H,7,9H2,1H3,(H,19,20)/b5-2+. The van der Waals surface area contributed by atoms with Crippen LogP contribution in [0, 0.1) is 5.82 Å². The van der Waals surface area contributed by atoms with Gasteiger partial charge >= 0.3 is 5.97 Å². The first kappa shape index (κ1) is 14.8. The van der Waals surface area contributed by atoms with Gasteiger partial charge in [0.15, 0.2) is 0 Å². The Balaban J connectivity index is 2.05. The number of aromatic nitrogens is 2. The van der Waals surface area contributed by atoms with Crippen molar-refractivity contribution in [2.75, 3.05) is 6.61 Å². The second-order valence-electron chi connectivity index (χ2n) is 4.40. The lowest BCUT2D eigenvalue weighted by atomic mass is 10.2. The third kappa shape index (κ3) is 4.17. The molecule has 0 radical (unpaired) electrons. The maximum absolute atomic E-state index is 13.2. The van der Waals surface area contributed by atoms with Crippen LogP contribution in [-0.2, 0) is 18.3 Å². The van der Waals surface area contributed by atoms with Gasteiger partial charge in [0.05, 0.1) is 6.61 Å². The number of hydrogen-bond acceptors (Lipinski definition) is 3. The third-order valence-electron chi connectivity index (χ3n) is 2.92. The van der Waals surface area contributed by atoms with Gasteiger partial charge in [-0.05, 0) is 30.3 Å². The van der Waals surface area contributed by atoms with Gasteiger partial charge in [-0.15, -0.1) is 0 Å². The van der Waals surface area contributed by atoms with Crippen molar-refractivity contribution in [3.8, 4) is 5.75 Å². The number of halogens is 1.